The van der Waals surface area contributed by atoms with E-state index in [1.165, 1.54) is 0 Å². The van der Waals surface area contributed by atoms with Gasteiger partial charge in [-0.1, -0.05) is 6.07 Å². The van der Waals surface area contributed by atoms with Gasteiger partial charge in [-0.2, -0.15) is 5.10 Å². The predicted octanol–water partition coefficient (Wildman–Crippen LogP) is 2.69. The highest BCUT2D eigenvalue weighted by atomic mass is 16.5. The fraction of sp³-hybridized carbons (Fsp3) is 0.474. The van der Waals surface area contributed by atoms with Crippen LogP contribution in [0.15, 0.2) is 18.2 Å². The van der Waals surface area contributed by atoms with Crippen LogP contribution in [-0.2, 0) is 24.8 Å². The Hall–Kier alpha value is -2.34. The van der Waals surface area contributed by atoms with E-state index in [1.54, 1.807) is 11.8 Å². The second-order valence-electron chi connectivity index (χ2n) is 6.60. The van der Waals surface area contributed by atoms with E-state index in [9.17, 15) is 4.79 Å². The molecule has 0 spiro atoms. The minimum absolute atomic E-state index is 0.0540. The van der Waals surface area contributed by atoms with Crippen LogP contribution < -0.4 is 10.1 Å². The zero-order chi connectivity index (χ0) is 18.1. The summed E-state index contributed by atoms with van der Waals surface area (Å²) in [4.78, 5) is 12.7. The maximum atomic E-state index is 12.7. The van der Waals surface area contributed by atoms with Crippen molar-refractivity contribution in [3.63, 3.8) is 0 Å². The summed E-state index contributed by atoms with van der Waals surface area (Å²) in [5.74, 6) is 0.669. The zero-order valence-corrected chi connectivity index (χ0v) is 15.4. The summed E-state index contributed by atoms with van der Waals surface area (Å²) in [5.41, 5.74) is 4.63. The highest BCUT2D eigenvalue weighted by Gasteiger charge is 2.31. The molecule has 1 amide bonds. The smallest absolute Gasteiger partial charge is 0.272 e. The number of ether oxygens (including phenoxy) is 2. The van der Waals surface area contributed by atoms with Gasteiger partial charge in [0, 0.05) is 25.6 Å². The number of methoxy groups -OCH3 is 1. The molecule has 2 heterocycles. The number of carbonyl (C=O) groups is 1. The number of amides is 1. The Morgan fingerprint density at radius 2 is 2.20 bits per heavy atom. The summed E-state index contributed by atoms with van der Waals surface area (Å²) in [6, 6.07) is 5.84. The molecule has 2 atom stereocenters. The van der Waals surface area contributed by atoms with Gasteiger partial charge >= 0.3 is 0 Å². The van der Waals surface area contributed by atoms with Crippen LogP contribution in [0.3, 0.4) is 0 Å². The molecule has 1 aromatic carbocycles. The molecule has 0 fully saturated rings. The summed E-state index contributed by atoms with van der Waals surface area (Å²) in [5, 5.41) is 7.43. The van der Waals surface area contributed by atoms with Gasteiger partial charge in [0.05, 0.1) is 25.0 Å². The largest absolute Gasteiger partial charge is 0.497 e. The van der Waals surface area contributed by atoms with E-state index in [-0.39, 0.29) is 18.1 Å². The molecular weight excluding hydrogens is 318 g/mol. The fourth-order valence-corrected chi connectivity index (χ4v) is 3.47. The van der Waals surface area contributed by atoms with Crippen LogP contribution in [0.5, 0.6) is 5.75 Å². The first-order valence-corrected chi connectivity index (χ1v) is 8.53. The SMILES string of the molecule is COc1ccc(CNC(=O)c2nn(C)c3c2C[C@H](C)O[C@@H]3C)c(C)c1. The molecule has 6 nitrogen and oxygen atoms in total. The lowest BCUT2D eigenvalue weighted by atomic mass is 9.99. The Morgan fingerprint density at radius 3 is 2.88 bits per heavy atom. The number of rotatable bonds is 4. The molecule has 3 rings (SSSR count). The van der Waals surface area contributed by atoms with Gasteiger partial charge in [-0.05, 0) is 44.0 Å². The van der Waals surface area contributed by atoms with Gasteiger partial charge in [-0.25, -0.2) is 0 Å². The number of hydrogen-bond donors (Lipinski definition) is 1. The third-order valence-corrected chi connectivity index (χ3v) is 4.71. The highest BCUT2D eigenvalue weighted by Crippen LogP contribution is 2.31. The van der Waals surface area contributed by atoms with Crippen LogP contribution in [0.4, 0.5) is 0 Å². The van der Waals surface area contributed by atoms with Crippen molar-refractivity contribution in [2.24, 2.45) is 7.05 Å². The minimum Gasteiger partial charge on any atom is -0.497 e. The van der Waals surface area contributed by atoms with Crippen LogP contribution in [0, 0.1) is 6.92 Å². The van der Waals surface area contributed by atoms with E-state index in [2.05, 4.69) is 10.4 Å². The monoisotopic (exact) mass is 343 g/mol. The lowest BCUT2D eigenvalue weighted by molar-refractivity contribution is -0.00903. The number of hydrogen-bond acceptors (Lipinski definition) is 4. The maximum Gasteiger partial charge on any atom is 0.272 e. The van der Waals surface area contributed by atoms with Crippen molar-refractivity contribution in [1.82, 2.24) is 15.1 Å². The van der Waals surface area contributed by atoms with Crippen molar-refractivity contribution in [3.05, 3.63) is 46.3 Å². The second-order valence-corrected chi connectivity index (χ2v) is 6.60. The maximum absolute atomic E-state index is 12.7. The van der Waals surface area contributed by atoms with Crippen molar-refractivity contribution in [2.45, 2.75) is 45.9 Å². The molecule has 1 N–H and O–H groups in total. The number of aromatic nitrogens is 2. The summed E-state index contributed by atoms with van der Waals surface area (Å²) in [6.45, 7) is 6.49. The first kappa shape index (κ1) is 17.5. The minimum atomic E-state index is -0.145. The third kappa shape index (κ3) is 3.39. The highest BCUT2D eigenvalue weighted by molar-refractivity contribution is 5.94. The molecule has 2 aromatic rings. The van der Waals surface area contributed by atoms with Gasteiger partial charge in [0.25, 0.3) is 5.91 Å². The molecule has 0 bridgehead atoms. The van der Waals surface area contributed by atoms with Gasteiger partial charge in [-0.3, -0.25) is 9.48 Å². The zero-order valence-electron chi connectivity index (χ0n) is 15.4. The number of benzene rings is 1. The quantitative estimate of drug-likeness (QED) is 0.927. The van der Waals surface area contributed by atoms with Crippen LogP contribution in [0.1, 0.15) is 52.8 Å². The van der Waals surface area contributed by atoms with Crippen molar-refractivity contribution in [3.8, 4) is 5.75 Å². The van der Waals surface area contributed by atoms with Gasteiger partial charge in [0.15, 0.2) is 5.69 Å². The summed E-state index contributed by atoms with van der Waals surface area (Å²) < 4.78 is 12.8. The number of aryl methyl sites for hydroxylation is 2. The fourth-order valence-electron chi connectivity index (χ4n) is 3.47. The van der Waals surface area contributed by atoms with Gasteiger partial charge < -0.3 is 14.8 Å². The molecule has 0 saturated carbocycles. The summed E-state index contributed by atoms with van der Waals surface area (Å²) in [6.07, 6.45) is 0.737. The Bertz CT molecular complexity index is 797. The number of carbonyl (C=O) groups excluding carboxylic acids is 1. The molecule has 0 radical (unpaired) electrons. The molecule has 1 aliphatic heterocycles. The average molecular weight is 343 g/mol. The van der Waals surface area contributed by atoms with Crippen molar-refractivity contribution in [1.29, 1.82) is 0 Å². The third-order valence-electron chi connectivity index (χ3n) is 4.71. The number of nitrogens with one attached hydrogen (secondary N) is 1. The Labute approximate surface area is 148 Å². The van der Waals surface area contributed by atoms with Crippen LogP contribution >= 0.6 is 0 Å². The van der Waals surface area contributed by atoms with E-state index in [1.807, 2.05) is 46.0 Å². The van der Waals surface area contributed by atoms with Crippen LogP contribution in [0.25, 0.3) is 0 Å². The first-order valence-electron chi connectivity index (χ1n) is 8.53. The molecule has 0 unspecified atom stereocenters. The van der Waals surface area contributed by atoms with Crippen LogP contribution in [0.2, 0.25) is 0 Å². The normalized spacial score (nSPS) is 19.4. The second kappa shape index (κ2) is 6.88. The number of nitrogens with zero attached hydrogens (tertiary/aromatic N) is 2. The first-order chi connectivity index (χ1) is 11.9. The summed E-state index contributed by atoms with van der Waals surface area (Å²) in [7, 11) is 3.51. The molecule has 25 heavy (non-hydrogen) atoms. The molecule has 1 aliphatic rings. The molecule has 0 saturated heterocycles. The lowest BCUT2D eigenvalue weighted by Crippen LogP contribution is -2.27. The molecule has 1 aromatic heterocycles. The Kier molecular flexibility index (Phi) is 4.81. The molecule has 0 aliphatic carbocycles. The lowest BCUT2D eigenvalue weighted by Gasteiger charge is -2.26. The van der Waals surface area contributed by atoms with Crippen molar-refractivity contribution < 1.29 is 14.3 Å². The van der Waals surface area contributed by atoms with Gasteiger partial charge in [0.1, 0.15) is 5.75 Å². The van der Waals surface area contributed by atoms with E-state index >= 15 is 0 Å². The molecule has 6 heteroatoms. The number of fused-ring (bicyclic) bond motifs is 1. The van der Waals surface area contributed by atoms with Crippen molar-refractivity contribution >= 4 is 5.91 Å². The topological polar surface area (TPSA) is 65.4 Å². The van der Waals surface area contributed by atoms with E-state index < -0.39 is 0 Å². The van der Waals surface area contributed by atoms with Gasteiger partial charge in [-0.15, -0.1) is 0 Å². The summed E-state index contributed by atoms with van der Waals surface area (Å²) >= 11 is 0. The van der Waals surface area contributed by atoms with Crippen molar-refractivity contribution in [2.75, 3.05) is 7.11 Å². The van der Waals surface area contributed by atoms with E-state index in [4.69, 9.17) is 9.47 Å². The van der Waals surface area contributed by atoms with E-state index in [0.29, 0.717) is 18.7 Å². The average Bonchev–Trinajstić information content (AvgIpc) is 2.90. The van der Waals surface area contributed by atoms with Gasteiger partial charge in [0.2, 0.25) is 0 Å². The standard InChI is InChI=1S/C19H25N3O3/c1-11-8-15(24-5)7-6-14(11)10-20-19(23)17-16-9-12(2)25-13(3)18(16)22(4)21-17/h6-8,12-13H,9-10H2,1-5H3,(H,20,23)/t12-,13+/m0/s1. The predicted molar refractivity (Wildman–Crippen MR) is 94.8 cm³/mol. The molecule has 134 valence electrons. The Balaban J connectivity index is 1.78. The molecular formula is C19H25N3O3. The van der Waals surface area contributed by atoms with E-state index in [0.717, 1.165) is 28.1 Å². The Morgan fingerprint density at radius 1 is 1.44 bits per heavy atom. The van der Waals surface area contributed by atoms with Crippen LogP contribution in [-0.4, -0.2) is 28.9 Å².